The second-order valence-corrected chi connectivity index (χ2v) is 2.33. The summed E-state index contributed by atoms with van der Waals surface area (Å²) in [5, 5.41) is 12.5. The van der Waals surface area contributed by atoms with E-state index in [1.165, 1.54) is 16.9 Å². The number of aromatic nitrogens is 3. The van der Waals surface area contributed by atoms with Crippen molar-refractivity contribution in [2.75, 3.05) is 5.73 Å². The van der Waals surface area contributed by atoms with Crippen molar-refractivity contribution >= 4 is 11.3 Å². The zero-order valence-corrected chi connectivity index (χ0v) is 6.10. The molecule has 0 bridgehead atoms. The van der Waals surface area contributed by atoms with Crippen molar-refractivity contribution in [3.63, 3.8) is 0 Å². The van der Waals surface area contributed by atoms with E-state index in [-0.39, 0.29) is 0 Å². The number of rotatable bonds is 0. The van der Waals surface area contributed by atoms with E-state index in [2.05, 4.69) is 10.1 Å². The van der Waals surface area contributed by atoms with Gasteiger partial charge >= 0.3 is 0 Å². The van der Waals surface area contributed by atoms with Gasteiger partial charge in [-0.1, -0.05) is 0 Å². The molecule has 2 aromatic heterocycles. The van der Waals surface area contributed by atoms with Gasteiger partial charge in [-0.2, -0.15) is 10.4 Å². The first-order valence-corrected chi connectivity index (χ1v) is 3.30. The van der Waals surface area contributed by atoms with Crippen LogP contribution < -0.4 is 5.73 Å². The van der Waals surface area contributed by atoms with Gasteiger partial charge in [-0.05, 0) is 0 Å². The molecule has 0 aliphatic heterocycles. The van der Waals surface area contributed by atoms with E-state index in [0.29, 0.717) is 16.9 Å². The minimum atomic E-state index is 0.454. The molecular weight excluding hydrogens is 154 g/mol. The van der Waals surface area contributed by atoms with E-state index >= 15 is 0 Å². The molecule has 0 spiro atoms. The molecule has 0 radical (unpaired) electrons. The zero-order valence-electron chi connectivity index (χ0n) is 6.10. The Morgan fingerprint density at radius 3 is 3.08 bits per heavy atom. The first kappa shape index (κ1) is 6.61. The summed E-state index contributed by atoms with van der Waals surface area (Å²) in [6.45, 7) is 0. The van der Waals surface area contributed by atoms with Crippen molar-refractivity contribution in [2.45, 2.75) is 0 Å². The number of hydrogen-bond acceptors (Lipinski definition) is 4. The van der Waals surface area contributed by atoms with Gasteiger partial charge in [0.25, 0.3) is 0 Å². The number of nitrogens with two attached hydrogens (primary N) is 1. The Balaban J connectivity index is 2.84. The molecule has 2 N–H and O–H groups in total. The molecule has 2 aromatic rings. The minimum absolute atomic E-state index is 0.454. The average Bonchev–Trinajstić information content (AvgIpc) is 2.46. The number of nitrogens with zero attached hydrogens (tertiary/aromatic N) is 4. The van der Waals surface area contributed by atoms with E-state index in [0.717, 1.165) is 0 Å². The highest BCUT2D eigenvalue weighted by atomic mass is 15.2. The summed E-state index contributed by atoms with van der Waals surface area (Å²) in [6.07, 6.45) is 4.57. The average molecular weight is 159 g/mol. The zero-order chi connectivity index (χ0) is 8.55. The molecule has 0 amide bonds. The smallest absolute Gasteiger partial charge is 0.173 e. The second kappa shape index (κ2) is 2.20. The molecule has 12 heavy (non-hydrogen) atoms. The van der Waals surface area contributed by atoms with Crippen LogP contribution in [-0.4, -0.2) is 14.6 Å². The Hall–Kier alpha value is -2.09. The normalized spacial score (nSPS) is 9.92. The number of nitriles is 1. The first-order chi connectivity index (χ1) is 5.81. The van der Waals surface area contributed by atoms with Crippen LogP contribution in [0.4, 0.5) is 5.69 Å². The van der Waals surface area contributed by atoms with Crippen molar-refractivity contribution < 1.29 is 0 Å². The number of hydrogen-bond donors (Lipinski definition) is 1. The molecule has 0 saturated heterocycles. The van der Waals surface area contributed by atoms with Gasteiger partial charge in [0.05, 0.1) is 24.3 Å². The lowest BCUT2D eigenvalue weighted by molar-refractivity contribution is 0.942. The van der Waals surface area contributed by atoms with Crippen LogP contribution >= 0.6 is 0 Å². The molecule has 0 saturated carbocycles. The summed E-state index contributed by atoms with van der Waals surface area (Å²) in [4.78, 5) is 3.96. The molecule has 5 nitrogen and oxygen atoms in total. The predicted octanol–water partition coefficient (Wildman–Crippen LogP) is 0.183. The van der Waals surface area contributed by atoms with E-state index in [1.807, 2.05) is 6.07 Å². The summed E-state index contributed by atoms with van der Waals surface area (Å²) in [6, 6.07) is 1.98. The fourth-order valence-electron chi connectivity index (χ4n) is 0.968. The van der Waals surface area contributed by atoms with Crippen LogP contribution in [0.1, 0.15) is 5.56 Å². The SMILES string of the molecule is N#Cc1cnn2cc(N)cnc12. The van der Waals surface area contributed by atoms with E-state index < -0.39 is 0 Å². The van der Waals surface area contributed by atoms with E-state index in [1.54, 1.807) is 6.20 Å². The summed E-state index contributed by atoms with van der Waals surface area (Å²) in [7, 11) is 0. The molecule has 0 aromatic carbocycles. The van der Waals surface area contributed by atoms with Crippen LogP contribution in [0.5, 0.6) is 0 Å². The lowest BCUT2D eigenvalue weighted by atomic mass is 10.4. The van der Waals surface area contributed by atoms with Crippen LogP contribution in [-0.2, 0) is 0 Å². The fourth-order valence-corrected chi connectivity index (χ4v) is 0.968. The third-order valence-corrected chi connectivity index (χ3v) is 1.50. The van der Waals surface area contributed by atoms with Gasteiger partial charge < -0.3 is 5.73 Å². The molecule has 58 valence electrons. The maximum absolute atomic E-state index is 8.62. The van der Waals surface area contributed by atoms with Crippen molar-refractivity contribution in [1.82, 2.24) is 14.6 Å². The summed E-state index contributed by atoms with van der Waals surface area (Å²) in [5.41, 5.74) is 6.98. The first-order valence-electron chi connectivity index (χ1n) is 3.30. The third-order valence-electron chi connectivity index (χ3n) is 1.50. The maximum Gasteiger partial charge on any atom is 0.173 e. The maximum atomic E-state index is 8.62. The lowest BCUT2D eigenvalue weighted by Crippen LogP contribution is -1.94. The summed E-state index contributed by atoms with van der Waals surface area (Å²) >= 11 is 0. The second-order valence-electron chi connectivity index (χ2n) is 2.33. The Bertz CT molecular complexity index is 464. The molecule has 2 rings (SSSR count). The minimum Gasteiger partial charge on any atom is -0.396 e. The van der Waals surface area contributed by atoms with Crippen molar-refractivity contribution in [3.8, 4) is 6.07 Å². The highest BCUT2D eigenvalue weighted by molar-refractivity contribution is 5.55. The van der Waals surface area contributed by atoms with Gasteiger partial charge in [0.2, 0.25) is 0 Å². The van der Waals surface area contributed by atoms with Gasteiger partial charge in [0.15, 0.2) is 5.65 Å². The molecule has 5 heteroatoms. The van der Waals surface area contributed by atoms with Gasteiger partial charge in [-0.25, -0.2) is 9.50 Å². The van der Waals surface area contributed by atoms with Crippen LogP contribution in [0.3, 0.4) is 0 Å². The molecule has 0 atom stereocenters. The predicted molar refractivity (Wildman–Crippen MR) is 42.1 cm³/mol. The fraction of sp³-hybridized carbons (Fsp3) is 0. The monoisotopic (exact) mass is 159 g/mol. The van der Waals surface area contributed by atoms with Crippen LogP contribution in [0.25, 0.3) is 5.65 Å². The van der Waals surface area contributed by atoms with E-state index in [9.17, 15) is 0 Å². The largest absolute Gasteiger partial charge is 0.396 e. The summed E-state index contributed by atoms with van der Waals surface area (Å²) in [5.74, 6) is 0. The Morgan fingerprint density at radius 2 is 2.33 bits per heavy atom. The molecule has 0 aliphatic carbocycles. The van der Waals surface area contributed by atoms with Crippen LogP contribution in [0, 0.1) is 11.3 Å². The van der Waals surface area contributed by atoms with E-state index in [4.69, 9.17) is 11.0 Å². The quantitative estimate of drug-likeness (QED) is 0.594. The number of anilines is 1. The summed E-state index contributed by atoms with van der Waals surface area (Å²) < 4.78 is 1.48. The van der Waals surface area contributed by atoms with Crippen molar-refractivity contribution in [1.29, 1.82) is 5.26 Å². The Morgan fingerprint density at radius 1 is 1.50 bits per heavy atom. The Labute approximate surface area is 68.1 Å². The topological polar surface area (TPSA) is 80.0 Å². The lowest BCUT2D eigenvalue weighted by Gasteiger charge is -1.93. The molecular formula is C7H5N5. The third kappa shape index (κ3) is 0.787. The van der Waals surface area contributed by atoms with Gasteiger partial charge in [0.1, 0.15) is 11.6 Å². The van der Waals surface area contributed by atoms with Crippen molar-refractivity contribution in [3.05, 3.63) is 24.2 Å². The molecule has 2 heterocycles. The molecule has 0 unspecified atom stereocenters. The molecule has 0 fully saturated rings. The highest BCUT2D eigenvalue weighted by Gasteiger charge is 2.02. The van der Waals surface area contributed by atoms with Gasteiger partial charge in [0, 0.05) is 0 Å². The van der Waals surface area contributed by atoms with Gasteiger partial charge in [-0.15, -0.1) is 0 Å². The van der Waals surface area contributed by atoms with Crippen molar-refractivity contribution in [2.24, 2.45) is 0 Å². The number of fused-ring (bicyclic) bond motifs is 1. The Kier molecular flexibility index (Phi) is 1.21. The standard InChI is InChI=1S/C7H5N5/c8-1-5-2-11-12-4-6(9)3-10-7(5)12/h2-4H,9H2. The number of nitrogen functional groups attached to an aromatic ring is 1. The molecule has 0 aliphatic rings. The highest BCUT2D eigenvalue weighted by Crippen LogP contribution is 2.07. The van der Waals surface area contributed by atoms with Gasteiger partial charge in [-0.3, -0.25) is 0 Å². The van der Waals surface area contributed by atoms with Crippen LogP contribution in [0.15, 0.2) is 18.6 Å². The van der Waals surface area contributed by atoms with Crippen LogP contribution in [0.2, 0.25) is 0 Å².